The standard InChI is InChI=1S/C29H34ClN3O3/c1-20-28(21(2)36-31-20)18-33-17-23(16-32-13-4-3-5-25(32)19-34)27-15-26(10-11-29(27)33)35-14-12-22-6-8-24(30)9-7-22/h6-11,15,17,25,34H,3-5,12-14,16,18-19H2,1-2H3. The van der Waals surface area contributed by atoms with Gasteiger partial charge in [-0.2, -0.15) is 0 Å². The van der Waals surface area contributed by atoms with Crippen molar-refractivity contribution in [3.63, 3.8) is 0 Å². The van der Waals surface area contributed by atoms with E-state index < -0.39 is 0 Å². The molecular weight excluding hydrogens is 474 g/mol. The number of aryl methyl sites for hydroxylation is 2. The Balaban J connectivity index is 1.41. The fraction of sp³-hybridized carbons (Fsp3) is 0.414. The Labute approximate surface area is 217 Å². The van der Waals surface area contributed by atoms with Crippen LogP contribution in [0.1, 0.15) is 47.4 Å². The Morgan fingerprint density at radius 2 is 1.94 bits per heavy atom. The van der Waals surface area contributed by atoms with Gasteiger partial charge in [0.2, 0.25) is 0 Å². The molecule has 7 heteroatoms. The maximum Gasteiger partial charge on any atom is 0.138 e. The third-order valence-electron chi connectivity index (χ3n) is 7.35. The average molecular weight is 508 g/mol. The van der Waals surface area contributed by atoms with E-state index in [-0.39, 0.29) is 12.6 Å². The van der Waals surface area contributed by atoms with Crippen molar-refractivity contribution in [1.82, 2.24) is 14.6 Å². The largest absolute Gasteiger partial charge is 0.493 e. The van der Waals surface area contributed by atoms with Crippen LogP contribution in [0, 0.1) is 13.8 Å². The van der Waals surface area contributed by atoms with Crippen molar-refractivity contribution < 1.29 is 14.4 Å². The van der Waals surface area contributed by atoms with Gasteiger partial charge < -0.3 is 18.9 Å². The molecule has 1 aliphatic rings. The molecule has 5 rings (SSSR count). The number of piperidine rings is 1. The van der Waals surface area contributed by atoms with Crippen LogP contribution in [-0.2, 0) is 19.5 Å². The summed E-state index contributed by atoms with van der Waals surface area (Å²) in [6.45, 7) is 7.29. The molecule has 36 heavy (non-hydrogen) atoms. The molecule has 0 bridgehead atoms. The van der Waals surface area contributed by atoms with E-state index in [4.69, 9.17) is 20.9 Å². The molecule has 2 aromatic heterocycles. The van der Waals surface area contributed by atoms with Crippen LogP contribution in [0.4, 0.5) is 0 Å². The molecule has 0 amide bonds. The Hall–Kier alpha value is -2.80. The van der Waals surface area contributed by atoms with Gasteiger partial charge in [0.05, 0.1) is 25.5 Å². The van der Waals surface area contributed by atoms with E-state index in [2.05, 4.69) is 39.0 Å². The van der Waals surface area contributed by atoms with Gasteiger partial charge in [0.1, 0.15) is 11.5 Å². The molecule has 0 radical (unpaired) electrons. The Bertz CT molecular complexity index is 1290. The second-order valence-corrected chi connectivity index (χ2v) is 10.2. The van der Waals surface area contributed by atoms with Gasteiger partial charge in [0.15, 0.2) is 0 Å². The highest BCUT2D eigenvalue weighted by atomic mass is 35.5. The Morgan fingerprint density at radius 3 is 2.69 bits per heavy atom. The van der Waals surface area contributed by atoms with Gasteiger partial charge in [0.25, 0.3) is 0 Å². The van der Waals surface area contributed by atoms with Crippen molar-refractivity contribution in [1.29, 1.82) is 0 Å². The molecule has 1 atom stereocenters. The molecule has 0 aliphatic carbocycles. The highest BCUT2D eigenvalue weighted by Crippen LogP contribution is 2.30. The first kappa shape index (κ1) is 24.9. The zero-order valence-electron chi connectivity index (χ0n) is 21.0. The molecule has 190 valence electrons. The number of hydrogen-bond donors (Lipinski definition) is 1. The summed E-state index contributed by atoms with van der Waals surface area (Å²) < 4.78 is 13.9. The van der Waals surface area contributed by atoms with Gasteiger partial charge >= 0.3 is 0 Å². The van der Waals surface area contributed by atoms with Crippen LogP contribution in [0.2, 0.25) is 5.02 Å². The van der Waals surface area contributed by atoms with Crippen molar-refractivity contribution in [2.75, 3.05) is 19.8 Å². The number of halogens is 1. The first-order valence-electron chi connectivity index (χ1n) is 12.8. The lowest BCUT2D eigenvalue weighted by Gasteiger charge is -2.34. The van der Waals surface area contributed by atoms with Crippen molar-refractivity contribution in [3.8, 4) is 5.75 Å². The zero-order chi connectivity index (χ0) is 25.1. The van der Waals surface area contributed by atoms with Gasteiger partial charge in [-0.15, -0.1) is 0 Å². The molecule has 6 nitrogen and oxygen atoms in total. The second kappa shape index (κ2) is 11.1. The van der Waals surface area contributed by atoms with Crippen molar-refractivity contribution in [3.05, 3.63) is 81.8 Å². The van der Waals surface area contributed by atoms with Gasteiger partial charge in [0, 0.05) is 46.7 Å². The Morgan fingerprint density at radius 1 is 1.11 bits per heavy atom. The monoisotopic (exact) mass is 507 g/mol. The smallest absolute Gasteiger partial charge is 0.138 e. The van der Waals surface area contributed by atoms with Crippen LogP contribution < -0.4 is 4.74 Å². The lowest BCUT2D eigenvalue weighted by Crippen LogP contribution is -2.41. The second-order valence-electron chi connectivity index (χ2n) is 9.79. The van der Waals surface area contributed by atoms with Gasteiger partial charge in [-0.25, -0.2) is 0 Å². The summed E-state index contributed by atoms with van der Waals surface area (Å²) in [5, 5.41) is 16.0. The summed E-state index contributed by atoms with van der Waals surface area (Å²) in [5.74, 6) is 1.72. The van der Waals surface area contributed by atoms with E-state index in [1.165, 1.54) is 29.4 Å². The number of nitrogens with zero attached hydrogens (tertiary/aromatic N) is 3. The summed E-state index contributed by atoms with van der Waals surface area (Å²) in [4.78, 5) is 2.42. The number of likely N-dealkylation sites (tertiary alicyclic amines) is 1. The molecule has 0 spiro atoms. The molecule has 1 aliphatic heterocycles. The average Bonchev–Trinajstić information content (AvgIpc) is 3.39. The molecule has 1 saturated heterocycles. The van der Waals surface area contributed by atoms with E-state index in [0.717, 1.165) is 59.2 Å². The Kier molecular flexibility index (Phi) is 7.65. The zero-order valence-corrected chi connectivity index (χ0v) is 21.8. The molecule has 3 heterocycles. The van der Waals surface area contributed by atoms with Crippen LogP contribution >= 0.6 is 11.6 Å². The number of benzene rings is 2. The first-order valence-corrected chi connectivity index (χ1v) is 13.2. The molecule has 1 unspecified atom stereocenters. The van der Waals surface area contributed by atoms with E-state index >= 15 is 0 Å². The van der Waals surface area contributed by atoms with E-state index in [9.17, 15) is 5.11 Å². The maximum atomic E-state index is 9.95. The highest BCUT2D eigenvalue weighted by Gasteiger charge is 2.23. The summed E-state index contributed by atoms with van der Waals surface area (Å²) >= 11 is 6.00. The van der Waals surface area contributed by atoms with Gasteiger partial charge in [-0.1, -0.05) is 35.3 Å². The summed E-state index contributed by atoms with van der Waals surface area (Å²) in [6, 6.07) is 14.5. The van der Waals surface area contributed by atoms with Gasteiger partial charge in [-0.3, -0.25) is 4.90 Å². The van der Waals surface area contributed by atoms with Crippen LogP contribution in [0.3, 0.4) is 0 Å². The summed E-state index contributed by atoms with van der Waals surface area (Å²) in [7, 11) is 0. The third-order valence-corrected chi connectivity index (χ3v) is 7.60. The van der Waals surface area contributed by atoms with E-state index in [1.807, 2.05) is 38.1 Å². The minimum absolute atomic E-state index is 0.205. The molecular formula is C29H34ClN3O3. The number of aliphatic hydroxyl groups is 1. The predicted octanol–water partition coefficient (Wildman–Crippen LogP) is 5.92. The number of rotatable bonds is 9. The molecule has 1 N–H and O–H groups in total. The van der Waals surface area contributed by atoms with Crippen LogP contribution in [0.15, 0.2) is 53.2 Å². The van der Waals surface area contributed by atoms with Crippen molar-refractivity contribution >= 4 is 22.5 Å². The summed E-state index contributed by atoms with van der Waals surface area (Å²) in [5.41, 5.74) is 5.65. The summed E-state index contributed by atoms with van der Waals surface area (Å²) in [6.07, 6.45) is 6.47. The quantitative estimate of drug-likeness (QED) is 0.305. The highest BCUT2D eigenvalue weighted by molar-refractivity contribution is 6.30. The number of aromatic nitrogens is 2. The van der Waals surface area contributed by atoms with Crippen molar-refractivity contribution in [2.24, 2.45) is 0 Å². The third kappa shape index (κ3) is 5.46. The number of ether oxygens (including phenoxy) is 1. The maximum absolute atomic E-state index is 9.95. The van der Waals surface area contributed by atoms with Crippen LogP contribution in [0.25, 0.3) is 10.9 Å². The van der Waals surface area contributed by atoms with E-state index in [1.54, 1.807) is 0 Å². The van der Waals surface area contributed by atoms with Crippen LogP contribution in [-0.4, -0.2) is 45.5 Å². The lowest BCUT2D eigenvalue weighted by molar-refractivity contribution is 0.0844. The predicted molar refractivity (Wildman–Crippen MR) is 143 cm³/mol. The molecule has 1 fully saturated rings. The first-order chi connectivity index (χ1) is 17.5. The minimum Gasteiger partial charge on any atom is -0.493 e. The molecule has 0 saturated carbocycles. The topological polar surface area (TPSA) is 63.7 Å². The fourth-order valence-corrected chi connectivity index (χ4v) is 5.35. The number of fused-ring (bicyclic) bond motifs is 1. The minimum atomic E-state index is 0.205. The number of aliphatic hydroxyl groups excluding tert-OH is 1. The lowest BCUT2D eigenvalue weighted by atomic mass is 10.0. The van der Waals surface area contributed by atoms with Gasteiger partial charge in [-0.05, 0) is 74.7 Å². The normalized spacial score (nSPS) is 16.6. The number of hydrogen-bond acceptors (Lipinski definition) is 5. The molecule has 2 aromatic carbocycles. The van der Waals surface area contributed by atoms with Crippen molar-refractivity contribution in [2.45, 2.75) is 58.7 Å². The molecule has 4 aromatic rings. The van der Waals surface area contributed by atoms with E-state index in [0.29, 0.717) is 13.2 Å². The van der Waals surface area contributed by atoms with Crippen LogP contribution in [0.5, 0.6) is 5.75 Å². The fourth-order valence-electron chi connectivity index (χ4n) is 5.23. The SMILES string of the molecule is Cc1noc(C)c1Cn1cc(CN2CCCCC2CO)c2cc(OCCc3ccc(Cl)cc3)ccc21.